The molecule has 0 aromatic heterocycles. The molecule has 2 amide bonds. The zero-order valence-electron chi connectivity index (χ0n) is 19.3. The number of piperidine rings is 2. The maximum Gasteiger partial charge on any atom is 0.222 e. The summed E-state index contributed by atoms with van der Waals surface area (Å²) in [7, 11) is 3.71. The van der Waals surface area contributed by atoms with Crippen molar-refractivity contribution in [3.8, 4) is 0 Å². The highest BCUT2D eigenvalue weighted by atomic mass is 16.2. The van der Waals surface area contributed by atoms with E-state index >= 15 is 0 Å². The summed E-state index contributed by atoms with van der Waals surface area (Å²) in [6, 6.07) is 21.8. The first-order valence-electron chi connectivity index (χ1n) is 11.5. The third kappa shape index (κ3) is 7.18. The quantitative estimate of drug-likeness (QED) is 0.783. The lowest BCUT2D eigenvalue weighted by Gasteiger charge is -2.38. The number of likely N-dealkylation sites (tertiary alicyclic amines) is 2. The van der Waals surface area contributed by atoms with Crippen molar-refractivity contribution in [1.29, 1.82) is 0 Å². The fourth-order valence-electron chi connectivity index (χ4n) is 4.28. The number of hydrogen-bond donors (Lipinski definition) is 1. The smallest absolute Gasteiger partial charge is 0.222 e. The molecule has 0 aliphatic carbocycles. The third-order valence-electron chi connectivity index (χ3n) is 6.24. The van der Waals surface area contributed by atoms with E-state index in [2.05, 4.69) is 65.6 Å². The Bertz CT molecular complexity index is 817. The van der Waals surface area contributed by atoms with Crippen LogP contribution in [0.5, 0.6) is 0 Å². The summed E-state index contributed by atoms with van der Waals surface area (Å²) >= 11 is 0. The van der Waals surface area contributed by atoms with E-state index in [1.54, 1.807) is 11.9 Å². The van der Waals surface area contributed by atoms with E-state index in [1.807, 2.05) is 11.9 Å². The van der Waals surface area contributed by atoms with Crippen molar-refractivity contribution in [2.75, 3.05) is 27.2 Å². The molecule has 4 rings (SSSR count). The van der Waals surface area contributed by atoms with E-state index in [-0.39, 0.29) is 17.9 Å². The molecule has 2 aliphatic heterocycles. The summed E-state index contributed by atoms with van der Waals surface area (Å²) < 4.78 is 0. The van der Waals surface area contributed by atoms with E-state index in [0.29, 0.717) is 18.9 Å². The number of carbonyl (C=O) groups excluding carboxylic acids is 2. The minimum atomic E-state index is 0.202. The predicted molar refractivity (Wildman–Crippen MR) is 128 cm³/mol. The van der Waals surface area contributed by atoms with Gasteiger partial charge < -0.3 is 15.5 Å². The molecule has 2 atom stereocenters. The first-order valence-corrected chi connectivity index (χ1v) is 11.5. The first kappa shape index (κ1) is 24.0. The van der Waals surface area contributed by atoms with Crippen LogP contribution in [0.4, 0.5) is 0 Å². The molecular formula is C26H36N4O2. The lowest BCUT2D eigenvalue weighted by atomic mass is 10.0. The fraction of sp³-hybridized carbons (Fsp3) is 0.462. The molecule has 2 heterocycles. The standard InChI is InChI=1S/C20H24N2O.C6H12N2O/c1-21-16-19(12-13-20(21)23)22(14-17-8-4-2-5-9-17)15-18-10-6-3-7-11-18;1-8-4-5(7)2-3-6(8)9/h2-11,19H,12-16H2,1H3;5H,2-4,7H2,1H3/t19-;5-/m00/s1. The molecule has 172 valence electrons. The molecule has 6 nitrogen and oxygen atoms in total. The van der Waals surface area contributed by atoms with Crippen LogP contribution in [-0.4, -0.2) is 65.8 Å². The van der Waals surface area contributed by atoms with E-state index in [1.165, 1.54) is 11.1 Å². The number of hydrogen-bond acceptors (Lipinski definition) is 4. The van der Waals surface area contributed by atoms with Crippen molar-refractivity contribution in [3.05, 3.63) is 71.8 Å². The van der Waals surface area contributed by atoms with Crippen LogP contribution < -0.4 is 5.73 Å². The maximum atomic E-state index is 11.8. The van der Waals surface area contributed by atoms with Crippen molar-refractivity contribution in [2.45, 2.75) is 50.9 Å². The van der Waals surface area contributed by atoms with Gasteiger partial charge in [-0.2, -0.15) is 0 Å². The molecule has 2 saturated heterocycles. The van der Waals surface area contributed by atoms with Gasteiger partial charge in [-0.15, -0.1) is 0 Å². The van der Waals surface area contributed by atoms with Gasteiger partial charge in [0.1, 0.15) is 0 Å². The summed E-state index contributed by atoms with van der Waals surface area (Å²) in [5.74, 6) is 0.484. The van der Waals surface area contributed by atoms with Crippen LogP contribution >= 0.6 is 0 Å². The Morgan fingerprint density at radius 1 is 0.781 bits per heavy atom. The topological polar surface area (TPSA) is 69.9 Å². The molecule has 2 aliphatic rings. The highest BCUT2D eigenvalue weighted by Crippen LogP contribution is 2.21. The third-order valence-corrected chi connectivity index (χ3v) is 6.24. The van der Waals surface area contributed by atoms with E-state index in [9.17, 15) is 9.59 Å². The number of amides is 2. The number of nitrogens with two attached hydrogens (primary N) is 1. The van der Waals surface area contributed by atoms with Gasteiger partial charge in [-0.25, -0.2) is 0 Å². The van der Waals surface area contributed by atoms with Gasteiger partial charge in [0.15, 0.2) is 0 Å². The van der Waals surface area contributed by atoms with Gasteiger partial charge in [-0.05, 0) is 24.0 Å². The molecule has 0 bridgehead atoms. The maximum absolute atomic E-state index is 11.8. The molecule has 6 heteroatoms. The monoisotopic (exact) mass is 436 g/mol. The number of rotatable bonds is 5. The molecule has 0 spiro atoms. The van der Waals surface area contributed by atoms with Gasteiger partial charge in [0.05, 0.1) is 0 Å². The van der Waals surface area contributed by atoms with Crippen LogP contribution in [0.25, 0.3) is 0 Å². The lowest BCUT2D eigenvalue weighted by Crippen LogP contribution is -2.48. The molecule has 2 fully saturated rings. The van der Waals surface area contributed by atoms with Crippen molar-refractivity contribution in [2.24, 2.45) is 5.73 Å². The van der Waals surface area contributed by atoms with Crippen molar-refractivity contribution in [3.63, 3.8) is 0 Å². The second-order valence-electron chi connectivity index (χ2n) is 8.92. The second kappa shape index (κ2) is 11.8. The van der Waals surface area contributed by atoms with Crippen LogP contribution in [0.1, 0.15) is 36.8 Å². The van der Waals surface area contributed by atoms with Crippen molar-refractivity contribution >= 4 is 11.8 Å². The molecular weight excluding hydrogens is 400 g/mol. The second-order valence-corrected chi connectivity index (χ2v) is 8.92. The molecule has 0 unspecified atom stereocenters. The molecule has 0 radical (unpaired) electrons. The Kier molecular flexibility index (Phi) is 8.82. The zero-order valence-corrected chi connectivity index (χ0v) is 19.3. The molecule has 2 N–H and O–H groups in total. The number of likely N-dealkylation sites (N-methyl/N-ethyl adjacent to an activating group) is 2. The van der Waals surface area contributed by atoms with Crippen LogP contribution in [0, 0.1) is 0 Å². The minimum Gasteiger partial charge on any atom is -0.344 e. The largest absolute Gasteiger partial charge is 0.344 e. The SMILES string of the molecule is CN1C[C@@H](N(Cc2ccccc2)Cc2ccccc2)CCC1=O.CN1C[C@@H](N)CCC1=O. The Labute approximate surface area is 192 Å². The Morgan fingerprint density at radius 3 is 1.69 bits per heavy atom. The summed E-state index contributed by atoms with van der Waals surface area (Å²) in [5, 5.41) is 0. The Hall–Kier alpha value is -2.70. The fourth-order valence-corrected chi connectivity index (χ4v) is 4.28. The molecule has 2 aromatic carbocycles. The number of nitrogens with zero attached hydrogens (tertiary/aromatic N) is 3. The van der Waals surface area contributed by atoms with Crippen molar-refractivity contribution < 1.29 is 9.59 Å². The number of benzene rings is 2. The average Bonchev–Trinajstić information content (AvgIpc) is 2.80. The van der Waals surface area contributed by atoms with Gasteiger partial charge >= 0.3 is 0 Å². The minimum absolute atomic E-state index is 0.202. The summed E-state index contributed by atoms with van der Waals surface area (Å²) in [5.41, 5.74) is 8.24. The highest BCUT2D eigenvalue weighted by Gasteiger charge is 2.27. The van der Waals surface area contributed by atoms with E-state index < -0.39 is 0 Å². The average molecular weight is 437 g/mol. The highest BCUT2D eigenvalue weighted by molar-refractivity contribution is 5.77. The lowest BCUT2D eigenvalue weighted by molar-refractivity contribution is -0.134. The Balaban J connectivity index is 0.000000269. The zero-order chi connectivity index (χ0) is 22.9. The number of carbonyl (C=O) groups is 2. The van der Waals surface area contributed by atoms with Crippen LogP contribution in [-0.2, 0) is 22.7 Å². The summed E-state index contributed by atoms with van der Waals surface area (Å²) in [6.07, 6.45) is 3.07. The van der Waals surface area contributed by atoms with E-state index in [4.69, 9.17) is 5.73 Å². The van der Waals surface area contributed by atoms with Gasteiger partial charge in [-0.3, -0.25) is 14.5 Å². The summed E-state index contributed by atoms with van der Waals surface area (Å²) in [6.45, 7) is 3.38. The van der Waals surface area contributed by atoms with Crippen LogP contribution in [0.2, 0.25) is 0 Å². The van der Waals surface area contributed by atoms with Crippen LogP contribution in [0.15, 0.2) is 60.7 Å². The summed E-state index contributed by atoms with van der Waals surface area (Å²) in [4.78, 5) is 28.7. The van der Waals surface area contributed by atoms with Crippen LogP contribution in [0.3, 0.4) is 0 Å². The molecule has 32 heavy (non-hydrogen) atoms. The Morgan fingerprint density at radius 2 is 1.25 bits per heavy atom. The van der Waals surface area contributed by atoms with Gasteiger partial charge in [0.2, 0.25) is 11.8 Å². The van der Waals surface area contributed by atoms with E-state index in [0.717, 1.165) is 39.0 Å². The predicted octanol–water partition coefficient (Wildman–Crippen LogP) is 2.88. The van der Waals surface area contributed by atoms with Gasteiger partial charge in [-0.1, -0.05) is 60.7 Å². The molecule has 0 saturated carbocycles. The van der Waals surface area contributed by atoms with Gasteiger partial charge in [0.25, 0.3) is 0 Å². The van der Waals surface area contributed by atoms with Gasteiger partial charge in [0, 0.05) is 65.2 Å². The normalized spacial score (nSPS) is 21.4. The van der Waals surface area contributed by atoms with Crippen molar-refractivity contribution in [1.82, 2.24) is 14.7 Å². The first-order chi connectivity index (χ1) is 15.4. The molecule has 2 aromatic rings.